The van der Waals surface area contributed by atoms with Gasteiger partial charge in [-0.2, -0.15) is 0 Å². The van der Waals surface area contributed by atoms with Gasteiger partial charge in [0.05, 0.1) is 0 Å². The normalized spacial score (nSPS) is 27.8. The quantitative estimate of drug-likeness (QED) is 0.723. The van der Waals surface area contributed by atoms with Crippen molar-refractivity contribution in [1.29, 1.82) is 0 Å². The van der Waals surface area contributed by atoms with E-state index >= 15 is 0 Å². The van der Waals surface area contributed by atoms with Gasteiger partial charge in [0.1, 0.15) is 0 Å². The minimum Gasteiger partial charge on any atom is -0.261 e. The lowest BCUT2D eigenvalue weighted by atomic mass is 10.0. The summed E-state index contributed by atoms with van der Waals surface area (Å²) in [5.74, 6) is 0.847. The number of nitrogens with zero attached hydrogens (tertiary/aromatic N) is 1. The minimum atomic E-state index is 0.751. The Labute approximate surface area is 87.7 Å². The van der Waals surface area contributed by atoms with Crippen molar-refractivity contribution in [2.24, 2.45) is 5.92 Å². The minimum absolute atomic E-state index is 0.751. The van der Waals surface area contributed by atoms with Crippen LogP contribution in [0.2, 0.25) is 0 Å². The first-order valence-corrected chi connectivity index (χ1v) is 5.80. The van der Waals surface area contributed by atoms with Crippen molar-refractivity contribution in [2.45, 2.75) is 30.5 Å². The summed E-state index contributed by atoms with van der Waals surface area (Å²) >= 11 is 3.67. The van der Waals surface area contributed by atoms with Gasteiger partial charge in [0.15, 0.2) is 0 Å². The number of aromatic nitrogens is 1. The Balaban J connectivity index is 1.92. The highest BCUT2D eigenvalue weighted by Gasteiger charge is 2.22. The van der Waals surface area contributed by atoms with Crippen LogP contribution < -0.4 is 0 Å². The molecule has 0 radical (unpaired) electrons. The van der Waals surface area contributed by atoms with Gasteiger partial charge in [-0.1, -0.05) is 22.0 Å². The van der Waals surface area contributed by atoms with Crippen molar-refractivity contribution in [3.8, 4) is 0 Å². The Hall–Kier alpha value is -0.370. The molecular formula is C11H14BrN. The highest BCUT2D eigenvalue weighted by Crippen LogP contribution is 2.32. The second-order valence-electron chi connectivity index (χ2n) is 3.80. The van der Waals surface area contributed by atoms with Crippen molar-refractivity contribution in [3.63, 3.8) is 0 Å². The second-order valence-corrected chi connectivity index (χ2v) is 5.10. The van der Waals surface area contributed by atoms with E-state index < -0.39 is 0 Å². The molecule has 1 aliphatic carbocycles. The topological polar surface area (TPSA) is 12.9 Å². The maximum atomic E-state index is 4.35. The Morgan fingerprint density at radius 1 is 1.38 bits per heavy atom. The highest BCUT2D eigenvalue weighted by molar-refractivity contribution is 9.09. The smallest absolute Gasteiger partial charge is 0.0406 e. The molecular weight excluding hydrogens is 226 g/mol. The molecule has 2 heteroatoms. The molecule has 1 aromatic heterocycles. The standard InChI is InChI=1S/C11H14BrN/c12-10-5-4-9(7-10)8-11-3-1-2-6-13-11/h1-3,6,9-10H,4-5,7-8H2. The molecule has 0 spiro atoms. The fraction of sp³-hybridized carbons (Fsp3) is 0.545. The molecule has 0 bridgehead atoms. The summed E-state index contributed by atoms with van der Waals surface area (Å²) in [5, 5.41) is 0. The Bertz CT molecular complexity index is 260. The van der Waals surface area contributed by atoms with E-state index in [2.05, 4.69) is 33.0 Å². The SMILES string of the molecule is BrC1CCC(Cc2ccccn2)C1. The van der Waals surface area contributed by atoms with Crippen molar-refractivity contribution in [2.75, 3.05) is 0 Å². The van der Waals surface area contributed by atoms with Gasteiger partial charge in [-0.25, -0.2) is 0 Å². The number of rotatable bonds is 2. The summed E-state index contributed by atoms with van der Waals surface area (Å²) in [6.07, 6.45) is 7.04. The predicted octanol–water partition coefficient (Wildman–Crippen LogP) is 3.19. The average Bonchev–Trinajstić information content (AvgIpc) is 2.53. The molecule has 1 aliphatic rings. The molecule has 0 amide bonds. The lowest BCUT2D eigenvalue weighted by Gasteiger charge is -2.07. The average molecular weight is 240 g/mol. The van der Waals surface area contributed by atoms with Crippen LogP contribution in [0.3, 0.4) is 0 Å². The number of hydrogen-bond acceptors (Lipinski definition) is 1. The zero-order valence-corrected chi connectivity index (χ0v) is 9.20. The van der Waals surface area contributed by atoms with Crippen LogP contribution in [-0.2, 0) is 6.42 Å². The molecule has 1 aromatic rings. The molecule has 1 fully saturated rings. The molecule has 1 saturated carbocycles. The number of pyridine rings is 1. The van der Waals surface area contributed by atoms with Crippen LogP contribution in [0, 0.1) is 5.92 Å². The van der Waals surface area contributed by atoms with Crippen LogP contribution in [0.25, 0.3) is 0 Å². The van der Waals surface area contributed by atoms with E-state index in [0.29, 0.717) is 0 Å². The summed E-state index contributed by atoms with van der Waals surface area (Å²) in [6, 6.07) is 6.18. The van der Waals surface area contributed by atoms with E-state index in [4.69, 9.17) is 0 Å². The number of halogens is 1. The molecule has 1 heterocycles. The summed E-state index contributed by atoms with van der Waals surface area (Å²) in [6.45, 7) is 0. The molecule has 2 atom stereocenters. The summed E-state index contributed by atoms with van der Waals surface area (Å²) in [7, 11) is 0. The van der Waals surface area contributed by atoms with Crippen LogP contribution in [-0.4, -0.2) is 9.81 Å². The molecule has 2 rings (SSSR count). The van der Waals surface area contributed by atoms with Gasteiger partial charge in [0, 0.05) is 16.7 Å². The van der Waals surface area contributed by atoms with Crippen LogP contribution in [0.5, 0.6) is 0 Å². The molecule has 2 unspecified atom stereocenters. The van der Waals surface area contributed by atoms with Crippen LogP contribution in [0.15, 0.2) is 24.4 Å². The first-order valence-electron chi connectivity index (χ1n) is 4.88. The molecule has 13 heavy (non-hydrogen) atoms. The zero-order valence-electron chi connectivity index (χ0n) is 7.62. The summed E-state index contributed by atoms with van der Waals surface area (Å²) in [5.41, 5.74) is 1.24. The van der Waals surface area contributed by atoms with Crippen LogP contribution in [0.4, 0.5) is 0 Å². The molecule has 0 saturated heterocycles. The van der Waals surface area contributed by atoms with E-state index in [-0.39, 0.29) is 0 Å². The molecule has 0 aromatic carbocycles. The third kappa shape index (κ3) is 2.53. The first-order chi connectivity index (χ1) is 6.34. The van der Waals surface area contributed by atoms with Gasteiger partial charge in [0.2, 0.25) is 0 Å². The van der Waals surface area contributed by atoms with E-state index in [1.807, 2.05) is 12.3 Å². The van der Waals surface area contributed by atoms with Crippen molar-refractivity contribution in [1.82, 2.24) is 4.98 Å². The van der Waals surface area contributed by atoms with Crippen molar-refractivity contribution in [3.05, 3.63) is 30.1 Å². The van der Waals surface area contributed by atoms with E-state index in [1.54, 1.807) is 0 Å². The molecule has 0 aliphatic heterocycles. The first kappa shape index (κ1) is 9.20. The third-order valence-electron chi connectivity index (χ3n) is 2.70. The number of alkyl halides is 1. The second kappa shape index (κ2) is 4.23. The van der Waals surface area contributed by atoms with E-state index in [0.717, 1.165) is 17.2 Å². The largest absolute Gasteiger partial charge is 0.261 e. The van der Waals surface area contributed by atoms with Gasteiger partial charge in [-0.05, 0) is 43.7 Å². The maximum Gasteiger partial charge on any atom is 0.0406 e. The van der Waals surface area contributed by atoms with Gasteiger partial charge in [0.25, 0.3) is 0 Å². The molecule has 0 N–H and O–H groups in total. The summed E-state index contributed by atoms with van der Waals surface area (Å²) < 4.78 is 0. The van der Waals surface area contributed by atoms with Gasteiger partial charge in [-0.3, -0.25) is 4.98 Å². The Morgan fingerprint density at radius 3 is 2.92 bits per heavy atom. The Kier molecular flexibility index (Phi) is 2.99. The fourth-order valence-corrected chi connectivity index (χ4v) is 2.81. The lowest BCUT2D eigenvalue weighted by Crippen LogP contribution is -2.01. The predicted molar refractivity (Wildman–Crippen MR) is 58.0 cm³/mol. The maximum absolute atomic E-state index is 4.35. The Morgan fingerprint density at radius 2 is 2.31 bits per heavy atom. The number of hydrogen-bond donors (Lipinski definition) is 0. The molecule has 70 valence electrons. The monoisotopic (exact) mass is 239 g/mol. The van der Waals surface area contributed by atoms with Crippen molar-refractivity contribution >= 4 is 15.9 Å². The summed E-state index contributed by atoms with van der Waals surface area (Å²) in [4.78, 5) is 5.10. The van der Waals surface area contributed by atoms with E-state index in [9.17, 15) is 0 Å². The van der Waals surface area contributed by atoms with Crippen LogP contribution >= 0.6 is 15.9 Å². The van der Waals surface area contributed by atoms with Crippen molar-refractivity contribution < 1.29 is 0 Å². The van der Waals surface area contributed by atoms with E-state index in [1.165, 1.54) is 25.0 Å². The van der Waals surface area contributed by atoms with Gasteiger partial charge in [-0.15, -0.1) is 0 Å². The van der Waals surface area contributed by atoms with Gasteiger partial charge >= 0.3 is 0 Å². The highest BCUT2D eigenvalue weighted by atomic mass is 79.9. The van der Waals surface area contributed by atoms with Gasteiger partial charge < -0.3 is 0 Å². The molecule has 1 nitrogen and oxygen atoms in total. The third-order valence-corrected chi connectivity index (χ3v) is 3.53. The zero-order chi connectivity index (χ0) is 9.10. The fourth-order valence-electron chi connectivity index (χ4n) is 2.01. The lowest BCUT2D eigenvalue weighted by molar-refractivity contribution is 0.541. The van der Waals surface area contributed by atoms with Crippen LogP contribution in [0.1, 0.15) is 25.0 Å².